The van der Waals surface area contributed by atoms with Crippen molar-refractivity contribution in [2.24, 2.45) is 0 Å². The van der Waals surface area contributed by atoms with E-state index in [1.165, 1.54) is 32.3 Å². The van der Waals surface area contributed by atoms with Gasteiger partial charge in [0.1, 0.15) is 11.2 Å². The van der Waals surface area contributed by atoms with E-state index in [1.54, 1.807) is 0 Å². The molecule has 0 aliphatic heterocycles. The van der Waals surface area contributed by atoms with Gasteiger partial charge in [-0.15, -0.1) is 0 Å². The molecule has 0 unspecified atom stereocenters. The van der Waals surface area contributed by atoms with Crippen LogP contribution in [0.15, 0.2) is 199 Å². The van der Waals surface area contributed by atoms with Crippen LogP contribution in [0.1, 0.15) is 0 Å². The topological polar surface area (TPSA) is 19.6 Å². The molecular formula is C48H32N2O. The van der Waals surface area contributed by atoms with Gasteiger partial charge in [0.25, 0.3) is 0 Å². The summed E-state index contributed by atoms with van der Waals surface area (Å²) in [6.07, 6.45) is 0. The molecule has 0 spiro atoms. The summed E-state index contributed by atoms with van der Waals surface area (Å²) in [5, 5.41) is 9.61. The van der Waals surface area contributed by atoms with Gasteiger partial charge in [-0.3, -0.25) is 0 Å². The summed E-state index contributed by atoms with van der Waals surface area (Å²) in [6, 6.07) is 69.3. The van der Waals surface area contributed by atoms with Crippen molar-refractivity contribution in [1.29, 1.82) is 0 Å². The molecule has 240 valence electrons. The van der Waals surface area contributed by atoms with Crippen LogP contribution in [0.4, 0.5) is 34.1 Å². The zero-order valence-electron chi connectivity index (χ0n) is 27.8. The Labute approximate surface area is 295 Å². The predicted molar refractivity (Wildman–Crippen MR) is 216 cm³/mol. The van der Waals surface area contributed by atoms with Crippen molar-refractivity contribution < 1.29 is 4.42 Å². The summed E-state index contributed by atoms with van der Waals surface area (Å²) in [6.45, 7) is 0. The van der Waals surface area contributed by atoms with E-state index in [-0.39, 0.29) is 0 Å². The number of furan rings is 1. The molecule has 0 N–H and O–H groups in total. The van der Waals surface area contributed by atoms with Crippen LogP contribution in [0.2, 0.25) is 0 Å². The molecule has 0 atom stereocenters. The lowest BCUT2D eigenvalue weighted by molar-refractivity contribution is 0.669. The van der Waals surface area contributed by atoms with Gasteiger partial charge in [-0.1, -0.05) is 109 Å². The molecule has 9 aromatic carbocycles. The van der Waals surface area contributed by atoms with Crippen molar-refractivity contribution in [2.75, 3.05) is 9.80 Å². The Morgan fingerprint density at radius 1 is 0.255 bits per heavy atom. The van der Waals surface area contributed by atoms with Gasteiger partial charge in [-0.05, 0) is 117 Å². The molecule has 0 radical (unpaired) electrons. The fourth-order valence-electron chi connectivity index (χ4n) is 7.61. The second-order valence-electron chi connectivity index (χ2n) is 13.0. The number of para-hydroxylation sites is 4. The fourth-order valence-corrected chi connectivity index (χ4v) is 7.61. The van der Waals surface area contributed by atoms with Crippen LogP contribution < -0.4 is 9.80 Å². The second kappa shape index (κ2) is 11.9. The monoisotopic (exact) mass is 652 g/mol. The van der Waals surface area contributed by atoms with Crippen molar-refractivity contribution >= 4 is 88.4 Å². The van der Waals surface area contributed by atoms with Crippen LogP contribution >= 0.6 is 0 Å². The third kappa shape index (κ3) is 4.98. The molecule has 0 bridgehead atoms. The Hall–Kier alpha value is -6.84. The summed E-state index contributed by atoms with van der Waals surface area (Å²) in [4.78, 5) is 4.66. The third-order valence-corrected chi connectivity index (χ3v) is 9.98. The first-order chi connectivity index (χ1) is 25.3. The van der Waals surface area contributed by atoms with Gasteiger partial charge in [0.15, 0.2) is 0 Å². The molecule has 1 heterocycles. The molecule has 3 heteroatoms. The quantitative estimate of drug-likeness (QED) is 0.167. The molecule has 0 amide bonds. The maximum Gasteiger partial charge on any atom is 0.135 e. The van der Waals surface area contributed by atoms with Crippen LogP contribution in [0.25, 0.3) is 54.3 Å². The first kappa shape index (κ1) is 29.1. The van der Waals surface area contributed by atoms with Crippen molar-refractivity contribution in [1.82, 2.24) is 0 Å². The molecule has 10 rings (SSSR count). The molecule has 51 heavy (non-hydrogen) atoms. The minimum absolute atomic E-state index is 0.893. The van der Waals surface area contributed by atoms with E-state index in [9.17, 15) is 0 Å². The summed E-state index contributed by atoms with van der Waals surface area (Å²) in [5.41, 5.74) is 8.47. The molecule has 1 aromatic heterocycles. The Morgan fingerprint density at radius 3 is 1.39 bits per heavy atom. The van der Waals surface area contributed by atoms with Crippen LogP contribution in [0, 0.1) is 0 Å². The smallest absolute Gasteiger partial charge is 0.135 e. The Bertz CT molecular complexity index is 2820. The van der Waals surface area contributed by atoms with Crippen LogP contribution in [0.5, 0.6) is 0 Å². The second-order valence-corrected chi connectivity index (χ2v) is 13.0. The number of hydrogen-bond donors (Lipinski definition) is 0. The van der Waals surface area contributed by atoms with Gasteiger partial charge < -0.3 is 14.2 Å². The zero-order valence-corrected chi connectivity index (χ0v) is 27.8. The number of hydrogen-bond acceptors (Lipinski definition) is 3. The highest BCUT2D eigenvalue weighted by molar-refractivity contribution is 6.18. The Balaban J connectivity index is 1.12. The summed E-state index contributed by atoms with van der Waals surface area (Å²) in [7, 11) is 0. The molecular weight excluding hydrogens is 621 g/mol. The van der Waals surface area contributed by atoms with Gasteiger partial charge >= 0.3 is 0 Å². The molecule has 10 aromatic rings. The molecule has 0 saturated carbocycles. The van der Waals surface area contributed by atoms with E-state index in [1.807, 2.05) is 12.1 Å². The average molecular weight is 653 g/mol. The molecule has 0 fully saturated rings. The summed E-state index contributed by atoms with van der Waals surface area (Å²) in [5.74, 6) is 0. The first-order valence-corrected chi connectivity index (χ1v) is 17.3. The number of anilines is 6. The lowest BCUT2D eigenvalue weighted by atomic mass is 9.96. The summed E-state index contributed by atoms with van der Waals surface area (Å²) < 4.78 is 6.17. The Kier molecular flexibility index (Phi) is 6.81. The molecule has 3 nitrogen and oxygen atoms in total. The van der Waals surface area contributed by atoms with Gasteiger partial charge in [-0.25, -0.2) is 0 Å². The van der Waals surface area contributed by atoms with E-state index in [2.05, 4.69) is 192 Å². The molecule has 0 aliphatic carbocycles. The van der Waals surface area contributed by atoms with E-state index >= 15 is 0 Å². The largest absolute Gasteiger partial charge is 0.456 e. The minimum atomic E-state index is 0.893. The third-order valence-electron chi connectivity index (χ3n) is 9.98. The minimum Gasteiger partial charge on any atom is -0.456 e. The van der Waals surface area contributed by atoms with Crippen LogP contribution in [-0.2, 0) is 0 Å². The lowest BCUT2D eigenvalue weighted by Crippen LogP contribution is -2.09. The maximum atomic E-state index is 6.17. The number of nitrogens with zero attached hydrogens (tertiary/aromatic N) is 2. The molecule has 0 aliphatic rings. The zero-order chi connectivity index (χ0) is 33.7. The highest BCUT2D eigenvalue weighted by Crippen LogP contribution is 2.42. The van der Waals surface area contributed by atoms with E-state index < -0.39 is 0 Å². The van der Waals surface area contributed by atoms with Gasteiger partial charge in [0.2, 0.25) is 0 Å². The SMILES string of the molecule is c1ccc(N(c2ccccc2)c2ccc3ccc4c5ccc(N(c6ccccc6)c6ccc7oc8ccccc8c7c6)cc5ccc4c3c2)cc1. The van der Waals surface area contributed by atoms with Gasteiger partial charge in [-0.2, -0.15) is 0 Å². The van der Waals surface area contributed by atoms with Crippen molar-refractivity contribution in [2.45, 2.75) is 0 Å². The van der Waals surface area contributed by atoms with Crippen LogP contribution in [0.3, 0.4) is 0 Å². The standard InChI is InChI=1S/C48H32N2O/c1-4-12-35(13-5-1)49(36-14-6-2-7-15-36)39-23-20-33-21-26-42-41-28-24-38(30-34(41)22-27-43(42)45(33)31-39)50(37-16-8-3-9-17-37)40-25-29-48-46(32-40)44-18-10-11-19-47(44)51-48/h1-32H. The first-order valence-electron chi connectivity index (χ1n) is 17.3. The average Bonchev–Trinajstić information content (AvgIpc) is 3.57. The number of rotatable bonds is 6. The Morgan fingerprint density at radius 2 is 0.706 bits per heavy atom. The van der Waals surface area contributed by atoms with Crippen LogP contribution in [-0.4, -0.2) is 0 Å². The maximum absolute atomic E-state index is 6.17. The van der Waals surface area contributed by atoms with Gasteiger partial charge in [0.05, 0.1) is 0 Å². The fraction of sp³-hybridized carbons (Fsp3) is 0. The van der Waals surface area contributed by atoms with E-state index in [4.69, 9.17) is 4.42 Å². The highest BCUT2D eigenvalue weighted by atomic mass is 16.3. The highest BCUT2D eigenvalue weighted by Gasteiger charge is 2.17. The lowest BCUT2D eigenvalue weighted by Gasteiger charge is -2.26. The van der Waals surface area contributed by atoms with E-state index in [0.29, 0.717) is 0 Å². The van der Waals surface area contributed by atoms with Crippen molar-refractivity contribution in [3.8, 4) is 0 Å². The summed E-state index contributed by atoms with van der Waals surface area (Å²) >= 11 is 0. The number of fused-ring (bicyclic) bond motifs is 8. The van der Waals surface area contributed by atoms with Gasteiger partial charge in [0, 0.05) is 44.9 Å². The number of benzene rings is 9. The molecule has 0 saturated heterocycles. The van der Waals surface area contributed by atoms with Crippen molar-refractivity contribution in [3.63, 3.8) is 0 Å². The van der Waals surface area contributed by atoms with E-state index in [0.717, 1.165) is 56.1 Å². The van der Waals surface area contributed by atoms with Crippen molar-refractivity contribution in [3.05, 3.63) is 194 Å². The normalized spacial score (nSPS) is 11.5. The predicted octanol–water partition coefficient (Wildman–Crippen LogP) is 14.0.